The van der Waals surface area contributed by atoms with E-state index in [4.69, 9.17) is 9.15 Å². The quantitative estimate of drug-likeness (QED) is 0.388. The first-order valence-electron chi connectivity index (χ1n) is 9.45. The molecular weight excluding hydrogens is 382 g/mol. The normalized spacial score (nSPS) is 11.9. The lowest BCUT2D eigenvalue weighted by molar-refractivity contribution is -0.142. The van der Waals surface area contributed by atoms with E-state index >= 15 is 0 Å². The number of ketones is 1. The van der Waals surface area contributed by atoms with Gasteiger partial charge in [-0.1, -0.05) is 36.4 Å². The van der Waals surface area contributed by atoms with Crippen molar-refractivity contribution < 1.29 is 23.5 Å². The van der Waals surface area contributed by atoms with Crippen LogP contribution in [0.5, 0.6) is 0 Å². The highest BCUT2D eigenvalue weighted by atomic mass is 16.5. The Hall–Kier alpha value is -3.93. The molecule has 1 N–H and O–H groups in total. The van der Waals surface area contributed by atoms with Crippen molar-refractivity contribution in [2.24, 2.45) is 0 Å². The number of benzene rings is 3. The summed E-state index contributed by atoms with van der Waals surface area (Å²) in [5.41, 5.74) is 2.23. The highest BCUT2D eigenvalue weighted by Crippen LogP contribution is 2.29. The molecular formula is C24H19NO5. The lowest BCUT2D eigenvalue weighted by Crippen LogP contribution is -2.43. The summed E-state index contributed by atoms with van der Waals surface area (Å²) < 4.78 is 10.6. The molecule has 1 heterocycles. The summed E-state index contributed by atoms with van der Waals surface area (Å²) in [7, 11) is 1.22. The van der Waals surface area contributed by atoms with Crippen molar-refractivity contribution in [1.29, 1.82) is 0 Å². The minimum atomic E-state index is -1.09. The Kier molecular flexibility index (Phi) is 5.30. The fourth-order valence-electron chi connectivity index (χ4n) is 3.37. The van der Waals surface area contributed by atoms with E-state index in [1.54, 1.807) is 48.5 Å². The van der Waals surface area contributed by atoms with Gasteiger partial charge in [-0.25, -0.2) is 4.79 Å². The van der Waals surface area contributed by atoms with E-state index in [1.165, 1.54) is 7.11 Å². The first-order valence-corrected chi connectivity index (χ1v) is 9.45. The van der Waals surface area contributed by atoms with E-state index in [0.29, 0.717) is 16.7 Å². The van der Waals surface area contributed by atoms with Gasteiger partial charge in [-0.15, -0.1) is 0 Å². The molecule has 6 heteroatoms. The molecule has 0 aliphatic carbocycles. The number of methoxy groups -OCH3 is 1. The third kappa shape index (κ3) is 3.80. The van der Waals surface area contributed by atoms with Crippen molar-refractivity contribution in [2.75, 3.05) is 7.11 Å². The minimum Gasteiger partial charge on any atom is -0.467 e. The van der Waals surface area contributed by atoms with E-state index < -0.39 is 17.9 Å². The van der Waals surface area contributed by atoms with Crippen molar-refractivity contribution in [1.82, 2.24) is 5.32 Å². The fraction of sp³-hybridized carbons (Fsp3) is 0.125. The SMILES string of the molecule is COC(=O)[C@H](CC(=O)c1ccc2oc3ccccc3c2c1)NC(=O)c1ccccc1. The first kappa shape index (κ1) is 19.4. The molecule has 0 aliphatic heterocycles. The number of Topliss-reactive ketones (excluding diaryl/α,β-unsaturated/α-hetero) is 1. The molecule has 0 saturated carbocycles. The second-order valence-corrected chi connectivity index (χ2v) is 6.85. The summed E-state index contributed by atoms with van der Waals surface area (Å²) >= 11 is 0. The summed E-state index contributed by atoms with van der Waals surface area (Å²) in [6.07, 6.45) is -0.216. The van der Waals surface area contributed by atoms with Crippen LogP contribution < -0.4 is 5.32 Å². The summed E-state index contributed by atoms with van der Waals surface area (Å²) in [5.74, 6) is -1.41. The molecule has 6 nitrogen and oxygen atoms in total. The van der Waals surface area contributed by atoms with Crippen molar-refractivity contribution in [3.05, 3.63) is 83.9 Å². The molecule has 0 aliphatic rings. The van der Waals surface area contributed by atoms with Gasteiger partial charge in [-0.2, -0.15) is 0 Å². The lowest BCUT2D eigenvalue weighted by atomic mass is 10.0. The zero-order valence-electron chi connectivity index (χ0n) is 16.3. The number of para-hydroxylation sites is 1. The summed E-state index contributed by atoms with van der Waals surface area (Å²) in [6.45, 7) is 0. The van der Waals surface area contributed by atoms with Crippen molar-refractivity contribution >= 4 is 39.6 Å². The van der Waals surface area contributed by atoms with Crippen LogP contribution >= 0.6 is 0 Å². The topological polar surface area (TPSA) is 85.6 Å². The maximum absolute atomic E-state index is 12.9. The van der Waals surface area contributed by atoms with Gasteiger partial charge in [0.1, 0.15) is 17.2 Å². The van der Waals surface area contributed by atoms with Crippen LogP contribution in [0, 0.1) is 0 Å². The van der Waals surface area contributed by atoms with E-state index in [-0.39, 0.29) is 12.2 Å². The van der Waals surface area contributed by atoms with Crippen LogP contribution in [0.4, 0.5) is 0 Å². The number of rotatable bonds is 6. The Morgan fingerprint density at radius 2 is 1.57 bits per heavy atom. The van der Waals surface area contributed by atoms with Crippen molar-refractivity contribution in [3.8, 4) is 0 Å². The second-order valence-electron chi connectivity index (χ2n) is 6.85. The molecule has 0 spiro atoms. The molecule has 4 aromatic rings. The molecule has 4 rings (SSSR count). The molecule has 0 unspecified atom stereocenters. The average molecular weight is 401 g/mol. The summed E-state index contributed by atoms with van der Waals surface area (Å²) in [4.78, 5) is 37.5. The van der Waals surface area contributed by atoms with E-state index in [0.717, 1.165) is 16.4 Å². The second kappa shape index (κ2) is 8.21. The van der Waals surface area contributed by atoms with Gasteiger partial charge in [0.15, 0.2) is 5.78 Å². The van der Waals surface area contributed by atoms with Gasteiger partial charge in [-0.05, 0) is 36.4 Å². The number of carbonyl (C=O) groups excluding carboxylic acids is 3. The predicted molar refractivity (Wildman–Crippen MR) is 112 cm³/mol. The minimum absolute atomic E-state index is 0.216. The third-order valence-electron chi connectivity index (χ3n) is 4.92. The molecule has 150 valence electrons. The Labute approximate surface area is 172 Å². The summed E-state index contributed by atoms with van der Waals surface area (Å²) in [6, 6.07) is 20.1. The fourth-order valence-corrected chi connectivity index (χ4v) is 3.37. The highest BCUT2D eigenvalue weighted by molar-refractivity contribution is 6.09. The van der Waals surface area contributed by atoms with E-state index in [9.17, 15) is 14.4 Å². The molecule has 1 aromatic heterocycles. The molecule has 0 fully saturated rings. The smallest absolute Gasteiger partial charge is 0.328 e. The van der Waals surface area contributed by atoms with Gasteiger partial charge >= 0.3 is 5.97 Å². The lowest BCUT2D eigenvalue weighted by Gasteiger charge is -2.16. The molecule has 30 heavy (non-hydrogen) atoms. The number of furan rings is 1. The molecule has 0 saturated heterocycles. The van der Waals surface area contributed by atoms with Gasteiger partial charge < -0.3 is 14.5 Å². The first-order chi connectivity index (χ1) is 14.6. The standard InChI is InChI=1S/C24H19NO5/c1-29-24(28)19(25-23(27)15-7-3-2-4-8-15)14-20(26)16-11-12-22-18(13-16)17-9-5-6-10-21(17)30-22/h2-13,19H,14H2,1H3,(H,25,27)/t19-/m0/s1. The maximum atomic E-state index is 12.9. The Balaban J connectivity index is 1.58. The summed E-state index contributed by atoms with van der Waals surface area (Å²) in [5, 5.41) is 4.32. The van der Waals surface area contributed by atoms with E-state index in [2.05, 4.69) is 5.32 Å². The maximum Gasteiger partial charge on any atom is 0.328 e. The third-order valence-corrected chi connectivity index (χ3v) is 4.92. The van der Waals surface area contributed by atoms with Crippen molar-refractivity contribution in [2.45, 2.75) is 12.5 Å². The van der Waals surface area contributed by atoms with Crippen LogP contribution in [-0.2, 0) is 9.53 Å². The van der Waals surface area contributed by atoms with Crippen LogP contribution in [0.25, 0.3) is 21.9 Å². The van der Waals surface area contributed by atoms with Crippen LogP contribution in [0.1, 0.15) is 27.1 Å². The average Bonchev–Trinajstić information content (AvgIpc) is 3.16. The van der Waals surface area contributed by atoms with Crippen LogP contribution in [0.15, 0.2) is 77.2 Å². The molecule has 3 aromatic carbocycles. The van der Waals surface area contributed by atoms with Crippen LogP contribution in [-0.4, -0.2) is 30.8 Å². The number of ether oxygens (including phenoxy) is 1. The number of hydrogen-bond acceptors (Lipinski definition) is 5. The van der Waals surface area contributed by atoms with Gasteiger partial charge in [0.2, 0.25) is 0 Å². The number of nitrogens with one attached hydrogen (secondary N) is 1. The molecule has 1 atom stereocenters. The Bertz CT molecular complexity index is 1240. The van der Waals surface area contributed by atoms with Gasteiger partial charge in [-0.3, -0.25) is 9.59 Å². The Morgan fingerprint density at radius 1 is 0.867 bits per heavy atom. The van der Waals surface area contributed by atoms with Gasteiger partial charge in [0, 0.05) is 28.3 Å². The largest absolute Gasteiger partial charge is 0.467 e. The van der Waals surface area contributed by atoms with Gasteiger partial charge in [0.05, 0.1) is 7.11 Å². The zero-order valence-corrected chi connectivity index (χ0v) is 16.3. The predicted octanol–water partition coefficient (Wildman–Crippen LogP) is 4.13. The molecule has 0 radical (unpaired) electrons. The molecule has 0 bridgehead atoms. The Morgan fingerprint density at radius 3 is 2.33 bits per heavy atom. The van der Waals surface area contributed by atoms with Gasteiger partial charge in [0.25, 0.3) is 5.91 Å². The highest BCUT2D eigenvalue weighted by Gasteiger charge is 2.26. The van der Waals surface area contributed by atoms with Crippen molar-refractivity contribution in [3.63, 3.8) is 0 Å². The zero-order chi connectivity index (χ0) is 21.1. The number of hydrogen-bond donors (Lipinski definition) is 1. The number of esters is 1. The van der Waals surface area contributed by atoms with Crippen LogP contribution in [0.2, 0.25) is 0 Å². The van der Waals surface area contributed by atoms with Crippen LogP contribution in [0.3, 0.4) is 0 Å². The number of amides is 1. The van der Waals surface area contributed by atoms with E-state index in [1.807, 2.05) is 24.3 Å². The molecule has 1 amide bonds. The number of carbonyl (C=O) groups is 3. The number of fused-ring (bicyclic) bond motifs is 3. The monoisotopic (exact) mass is 401 g/mol.